The molecular weight excluding hydrogens is 282 g/mol. The van der Waals surface area contributed by atoms with Gasteiger partial charge in [-0.1, -0.05) is 0 Å². The van der Waals surface area contributed by atoms with Crippen molar-refractivity contribution in [2.45, 2.75) is 31.3 Å². The van der Waals surface area contributed by atoms with E-state index in [2.05, 4.69) is 24.8 Å². The van der Waals surface area contributed by atoms with Crippen molar-refractivity contribution in [3.63, 3.8) is 0 Å². The minimum Gasteiger partial charge on any atom is -0.351 e. The molecule has 0 spiro atoms. The van der Waals surface area contributed by atoms with Crippen molar-refractivity contribution in [2.75, 3.05) is 24.5 Å². The monoisotopic (exact) mass is 301 g/mol. The lowest BCUT2D eigenvalue weighted by Gasteiger charge is -2.34. The second kappa shape index (κ2) is 5.20. The number of nitrogens with two attached hydrogens (primary N) is 1. The van der Waals surface area contributed by atoms with E-state index in [0.717, 1.165) is 30.7 Å². The summed E-state index contributed by atoms with van der Waals surface area (Å²) in [5, 5.41) is 0. The van der Waals surface area contributed by atoms with E-state index in [1.54, 1.807) is 6.33 Å². The molecule has 0 radical (unpaired) electrons. The number of hydrogen-bond acceptors (Lipinski definition) is 6. The summed E-state index contributed by atoms with van der Waals surface area (Å²) in [6, 6.07) is -0.00396. The van der Waals surface area contributed by atoms with Gasteiger partial charge in [0.2, 0.25) is 5.91 Å². The number of carbonyl (C=O) groups excluding carboxylic acids is 1. The number of aromatic amines is 1. The molecule has 0 bridgehead atoms. The lowest BCUT2D eigenvalue weighted by Crippen LogP contribution is -2.51. The first-order valence-corrected chi connectivity index (χ1v) is 7.68. The van der Waals surface area contributed by atoms with Crippen molar-refractivity contribution in [1.82, 2.24) is 24.8 Å². The molecule has 4 rings (SSSR count). The summed E-state index contributed by atoms with van der Waals surface area (Å²) in [4.78, 5) is 32.0. The van der Waals surface area contributed by atoms with Crippen molar-refractivity contribution in [2.24, 2.45) is 5.73 Å². The summed E-state index contributed by atoms with van der Waals surface area (Å²) in [7, 11) is 0. The van der Waals surface area contributed by atoms with Gasteiger partial charge >= 0.3 is 0 Å². The van der Waals surface area contributed by atoms with Crippen LogP contribution in [0, 0.1) is 0 Å². The van der Waals surface area contributed by atoms with E-state index in [0.29, 0.717) is 25.2 Å². The number of nitrogens with zero attached hydrogens (tertiary/aromatic N) is 5. The molecule has 22 heavy (non-hydrogen) atoms. The lowest BCUT2D eigenvalue weighted by molar-refractivity contribution is -0.135. The number of piperidine rings is 1. The Bertz CT molecular complexity index is 699. The molecule has 4 heterocycles. The van der Waals surface area contributed by atoms with Crippen LogP contribution >= 0.6 is 0 Å². The number of fused-ring (bicyclic) bond motifs is 1. The third kappa shape index (κ3) is 2.10. The van der Waals surface area contributed by atoms with Crippen LogP contribution in [0.3, 0.4) is 0 Å². The summed E-state index contributed by atoms with van der Waals surface area (Å²) in [6.07, 6.45) is 5.82. The maximum absolute atomic E-state index is 12.2. The van der Waals surface area contributed by atoms with Crippen LogP contribution in [0.4, 0.5) is 5.82 Å². The number of carbonyl (C=O) groups is 1. The normalized spacial score (nSPS) is 26.1. The maximum Gasteiger partial charge on any atom is 0.222 e. The van der Waals surface area contributed by atoms with E-state index >= 15 is 0 Å². The Labute approximate surface area is 127 Å². The molecule has 0 aliphatic carbocycles. The van der Waals surface area contributed by atoms with Gasteiger partial charge in [0, 0.05) is 32.1 Å². The van der Waals surface area contributed by atoms with E-state index in [4.69, 9.17) is 5.73 Å². The zero-order valence-corrected chi connectivity index (χ0v) is 12.3. The van der Waals surface area contributed by atoms with Gasteiger partial charge in [-0.15, -0.1) is 0 Å². The summed E-state index contributed by atoms with van der Waals surface area (Å²) in [5.41, 5.74) is 7.78. The Morgan fingerprint density at radius 2 is 2.14 bits per heavy atom. The predicted octanol–water partition coefficient (Wildman–Crippen LogP) is -0.119. The van der Waals surface area contributed by atoms with Gasteiger partial charge in [-0.25, -0.2) is 15.0 Å². The highest BCUT2D eigenvalue weighted by molar-refractivity contribution is 5.83. The Morgan fingerprint density at radius 1 is 1.23 bits per heavy atom. The number of rotatable bonds is 2. The number of likely N-dealkylation sites (tertiary alicyclic amines) is 1. The number of aromatic nitrogens is 4. The highest BCUT2D eigenvalue weighted by atomic mass is 16.2. The van der Waals surface area contributed by atoms with Crippen LogP contribution in [0.25, 0.3) is 11.2 Å². The highest BCUT2D eigenvalue weighted by Gasteiger charge is 2.38. The zero-order chi connectivity index (χ0) is 15.1. The van der Waals surface area contributed by atoms with Crippen LogP contribution in [0.15, 0.2) is 12.7 Å². The van der Waals surface area contributed by atoms with Crippen LogP contribution in [-0.4, -0.2) is 62.5 Å². The van der Waals surface area contributed by atoms with Gasteiger partial charge in [0.05, 0.1) is 12.4 Å². The standard InChI is InChI=1S/C14H19N7O/c15-9-5-20(6-10(9)21-4-2-1-3-11(21)22)14-12-13(17-7-16-12)18-8-19-14/h7-10H,1-6,15H2,(H,16,17,18,19)/t9-,10-/m0/s1. The smallest absolute Gasteiger partial charge is 0.222 e. The summed E-state index contributed by atoms with van der Waals surface area (Å²) >= 11 is 0. The van der Waals surface area contributed by atoms with Crippen LogP contribution in [0.2, 0.25) is 0 Å². The largest absolute Gasteiger partial charge is 0.351 e. The van der Waals surface area contributed by atoms with Crippen molar-refractivity contribution >= 4 is 22.9 Å². The summed E-state index contributed by atoms with van der Waals surface area (Å²) < 4.78 is 0. The predicted molar refractivity (Wildman–Crippen MR) is 81.2 cm³/mol. The topological polar surface area (TPSA) is 104 Å². The number of anilines is 1. The molecule has 8 heteroatoms. The molecule has 1 amide bonds. The Hall–Kier alpha value is -2.22. The van der Waals surface area contributed by atoms with Gasteiger partial charge in [-0.3, -0.25) is 4.79 Å². The minimum atomic E-state index is -0.0602. The Morgan fingerprint density at radius 3 is 3.00 bits per heavy atom. The van der Waals surface area contributed by atoms with E-state index in [1.165, 1.54) is 6.33 Å². The molecule has 2 saturated heterocycles. The number of hydrogen-bond donors (Lipinski definition) is 2. The quantitative estimate of drug-likeness (QED) is 0.801. The van der Waals surface area contributed by atoms with Gasteiger partial charge in [0.25, 0.3) is 0 Å². The van der Waals surface area contributed by atoms with E-state index in [1.807, 2.05) is 4.90 Å². The van der Waals surface area contributed by atoms with E-state index in [9.17, 15) is 4.79 Å². The fourth-order valence-electron chi connectivity index (χ4n) is 3.48. The first kappa shape index (κ1) is 13.4. The van der Waals surface area contributed by atoms with Gasteiger partial charge < -0.3 is 20.5 Å². The third-order valence-electron chi connectivity index (χ3n) is 4.60. The van der Waals surface area contributed by atoms with Crippen LogP contribution < -0.4 is 10.6 Å². The molecule has 2 atom stereocenters. The molecule has 2 aliphatic heterocycles. The van der Waals surface area contributed by atoms with Crippen LogP contribution in [0.1, 0.15) is 19.3 Å². The first-order chi connectivity index (χ1) is 10.7. The summed E-state index contributed by atoms with van der Waals surface area (Å²) in [5.74, 6) is 1.04. The third-order valence-corrected chi connectivity index (χ3v) is 4.60. The van der Waals surface area contributed by atoms with Gasteiger partial charge in [-0.2, -0.15) is 0 Å². The number of amides is 1. The molecule has 2 fully saturated rings. The first-order valence-electron chi connectivity index (χ1n) is 7.68. The molecule has 3 N–H and O–H groups in total. The Balaban J connectivity index is 1.60. The lowest BCUT2D eigenvalue weighted by atomic mass is 10.1. The number of H-pyrrole nitrogens is 1. The van der Waals surface area contributed by atoms with Crippen LogP contribution in [-0.2, 0) is 4.79 Å². The second-order valence-corrected chi connectivity index (χ2v) is 5.98. The zero-order valence-electron chi connectivity index (χ0n) is 12.3. The SMILES string of the molecule is N[C@H]1CN(c2ncnc3nc[nH]c23)C[C@@H]1N1CCCCC1=O. The molecule has 2 aromatic heterocycles. The Kier molecular flexibility index (Phi) is 3.18. The second-order valence-electron chi connectivity index (χ2n) is 5.98. The molecule has 0 aromatic carbocycles. The maximum atomic E-state index is 12.2. The average molecular weight is 301 g/mol. The van der Waals surface area contributed by atoms with Crippen molar-refractivity contribution in [1.29, 1.82) is 0 Å². The molecular formula is C14H19N7O. The van der Waals surface area contributed by atoms with Crippen molar-refractivity contribution in [3.8, 4) is 0 Å². The average Bonchev–Trinajstić information content (AvgIpc) is 3.14. The number of nitrogens with one attached hydrogen (secondary N) is 1. The summed E-state index contributed by atoms with van der Waals surface area (Å²) in [6.45, 7) is 2.20. The van der Waals surface area contributed by atoms with Crippen LogP contribution in [0.5, 0.6) is 0 Å². The van der Waals surface area contributed by atoms with Gasteiger partial charge in [0.15, 0.2) is 11.5 Å². The fourth-order valence-corrected chi connectivity index (χ4v) is 3.48. The van der Waals surface area contributed by atoms with E-state index in [-0.39, 0.29) is 18.0 Å². The minimum absolute atomic E-state index is 0.0562. The molecule has 0 saturated carbocycles. The molecule has 8 nitrogen and oxygen atoms in total. The van der Waals surface area contributed by atoms with E-state index < -0.39 is 0 Å². The molecule has 2 aromatic rings. The molecule has 0 unspecified atom stereocenters. The number of imidazole rings is 1. The fraction of sp³-hybridized carbons (Fsp3) is 0.571. The molecule has 116 valence electrons. The van der Waals surface area contributed by atoms with Gasteiger partial charge in [-0.05, 0) is 12.8 Å². The van der Waals surface area contributed by atoms with Crippen molar-refractivity contribution in [3.05, 3.63) is 12.7 Å². The highest BCUT2D eigenvalue weighted by Crippen LogP contribution is 2.27. The molecule has 2 aliphatic rings. The van der Waals surface area contributed by atoms with Gasteiger partial charge in [0.1, 0.15) is 11.8 Å². The van der Waals surface area contributed by atoms with Crippen molar-refractivity contribution < 1.29 is 4.79 Å².